The molecule has 0 aliphatic heterocycles. The molecule has 0 N–H and O–H groups in total. The van der Waals surface area contributed by atoms with E-state index < -0.39 is 6.10 Å². The number of rotatable bonds is 63. The number of carbonyl (C=O) groups is 3. The standard InChI is InChI=1S/C68H130O6/c1-4-7-10-13-16-19-21-23-25-27-29-31-33-35-36-38-40-42-44-46-49-52-55-58-61-67(70)73-64-65(63-72-66(69)60-57-54-51-48-18-15-12-9-6-3)74-68(71)62-59-56-53-50-47-45-43-41-39-37-34-32-30-28-26-24-22-20-17-14-11-8-5-2/h28,30,65H,4-27,29,31-64H2,1-3H3/b30-28-. The van der Waals surface area contributed by atoms with Crippen LogP contribution in [0.25, 0.3) is 0 Å². The Kier molecular flexibility index (Phi) is 62.1. The molecule has 1 unspecified atom stereocenters. The molecule has 0 radical (unpaired) electrons. The van der Waals surface area contributed by atoms with Gasteiger partial charge in [-0.05, 0) is 44.9 Å². The molecule has 0 aromatic carbocycles. The van der Waals surface area contributed by atoms with Gasteiger partial charge in [-0.15, -0.1) is 0 Å². The Hall–Kier alpha value is -1.85. The Labute approximate surface area is 462 Å². The van der Waals surface area contributed by atoms with Crippen molar-refractivity contribution in [1.29, 1.82) is 0 Å². The monoisotopic (exact) mass is 1040 g/mol. The summed E-state index contributed by atoms with van der Waals surface area (Å²) in [5, 5.41) is 0. The second-order valence-corrected chi connectivity index (χ2v) is 23.1. The summed E-state index contributed by atoms with van der Waals surface area (Å²) >= 11 is 0. The summed E-state index contributed by atoms with van der Waals surface area (Å²) in [6.07, 6.45) is 75.3. The lowest BCUT2D eigenvalue weighted by molar-refractivity contribution is -0.167. The summed E-state index contributed by atoms with van der Waals surface area (Å²) in [4.78, 5) is 38.2. The van der Waals surface area contributed by atoms with Gasteiger partial charge in [-0.2, -0.15) is 0 Å². The molecule has 438 valence electrons. The highest BCUT2D eigenvalue weighted by Crippen LogP contribution is 2.18. The van der Waals surface area contributed by atoms with Crippen LogP contribution >= 0.6 is 0 Å². The molecule has 0 spiro atoms. The molecule has 0 aliphatic rings. The lowest BCUT2D eigenvalue weighted by Crippen LogP contribution is -2.30. The number of esters is 3. The first-order chi connectivity index (χ1) is 36.5. The molecule has 0 aromatic heterocycles. The number of hydrogen-bond donors (Lipinski definition) is 0. The Morgan fingerprint density at radius 3 is 0.676 bits per heavy atom. The largest absolute Gasteiger partial charge is 0.462 e. The average molecular weight is 1040 g/mol. The number of hydrogen-bond acceptors (Lipinski definition) is 6. The van der Waals surface area contributed by atoms with Gasteiger partial charge in [0.15, 0.2) is 6.10 Å². The van der Waals surface area contributed by atoms with Crippen LogP contribution in [0.2, 0.25) is 0 Å². The number of ether oxygens (including phenoxy) is 3. The van der Waals surface area contributed by atoms with Crippen molar-refractivity contribution in [3.63, 3.8) is 0 Å². The third-order valence-corrected chi connectivity index (χ3v) is 15.5. The van der Waals surface area contributed by atoms with Crippen molar-refractivity contribution in [3.8, 4) is 0 Å². The van der Waals surface area contributed by atoms with E-state index in [0.29, 0.717) is 19.3 Å². The molecule has 74 heavy (non-hydrogen) atoms. The van der Waals surface area contributed by atoms with Crippen molar-refractivity contribution >= 4 is 17.9 Å². The molecule has 0 amide bonds. The number of carbonyl (C=O) groups excluding carboxylic acids is 3. The van der Waals surface area contributed by atoms with Crippen molar-refractivity contribution in [1.82, 2.24) is 0 Å². The Morgan fingerprint density at radius 1 is 0.257 bits per heavy atom. The fraction of sp³-hybridized carbons (Fsp3) is 0.926. The fourth-order valence-electron chi connectivity index (χ4n) is 10.4. The number of unbranched alkanes of at least 4 members (excludes halogenated alkanes) is 50. The van der Waals surface area contributed by atoms with E-state index in [1.165, 1.54) is 289 Å². The van der Waals surface area contributed by atoms with E-state index in [2.05, 4.69) is 32.9 Å². The van der Waals surface area contributed by atoms with Gasteiger partial charge >= 0.3 is 17.9 Å². The van der Waals surface area contributed by atoms with Gasteiger partial charge in [-0.25, -0.2) is 0 Å². The number of allylic oxidation sites excluding steroid dienone is 2. The lowest BCUT2D eigenvalue weighted by atomic mass is 10.0. The van der Waals surface area contributed by atoms with Gasteiger partial charge < -0.3 is 14.2 Å². The first kappa shape index (κ1) is 72.2. The fourth-order valence-corrected chi connectivity index (χ4v) is 10.4. The summed E-state index contributed by atoms with van der Waals surface area (Å²) in [6.45, 7) is 6.70. The molecule has 0 aromatic rings. The molecule has 0 bridgehead atoms. The minimum atomic E-state index is -0.765. The summed E-state index contributed by atoms with van der Waals surface area (Å²) in [7, 11) is 0. The zero-order chi connectivity index (χ0) is 53.6. The van der Waals surface area contributed by atoms with E-state index >= 15 is 0 Å². The van der Waals surface area contributed by atoms with Crippen LogP contribution in [0.4, 0.5) is 0 Å². The molecule has 6 nitrogen and oxygen atoms in total. The first-order valence-electron chi connectivity index (χ1n) is 33.7. The second-order valence-electron chi connectivity index (χ2n) is 23.1. The van der Waals surface area contributed by atoms with E-state index in [4.69, 9.17) is 14.2 Å². The quantitative estimate of drug-likeness (QED) is 0.0261. The zero-order valence-electron chi connectivity index (χ0n) is 50.4. The minimum Gasteiger partial charge on any atom is -0.462 e. The van der Waals surface area contributed by atoms with E-state index in [1.54, 1.807) is 0 Å². The van der Waals surface area contributed by atoms with Gasteiger partial charge in [-0.1, -0.05) is 335 Å². The molecule has 0 fully saturated rings. The van der Waals surface area contributed by atoms with Crippen LogP contribution in [0.5, 0.6) is 0 Å². The highest BCUT2D eigenvalue weighted by atomic mass is 16.6. The SMILES string of the molecule is CCCCCCCCCC/C=C\CCCCCCCCCCCCCC(=O)OC(COC(=O)CCCCCCCCCCC)COC(=O)CCCCCCCCCCCCCCCCCCCCCCCCCC. The summed E-state index contributed by atoms with van der Waals surface area (Å²) in [6, 6.07) is 0. The molecule has 0 heterocycles. The topological polar surface area (TPSA) is 78.9 Å². The Balaban J connectivity index is 4.12. The third kappa shape index (κ3) is 61.0. The maximum Gasteiger partial charge on any atom is 0.306 e. The van der Waals surface area contributed by atoms with Crippen LogP contribution in [0.3, 0.4) is 0 Å². The highest BCUT2D eigenvalue weighted by Gasteiger charge is 2.19. The van der Waals surface area contributed by atoms with Gasteiger partial charge in [-0.3, -0.25) is 14.4 Å². The molecule has 1 atom stereocenters. The third-order valence-electron chi connectivity index (χ3n) is 15.5. The maximum atomic E-state index is 12.9. The smallest absolute Gasteiger partial charge is 0.306 e. The van der Waals surface area contributed by atoms with Crippen LogP contribution in [-0.2, 0) is 28.6 Å². The van der Waals surface area contributed by atoms with Gasteiger partial charge in [0.05, 0.1) is 0 Å². The van der Waals surface area contributed by atoms with Crippen molar-refractivity contribution in [2.75, 3.05) is 13.2 Å². The predicted octanol–water partition coefficient (Wildman–Crippen LogP) is 22.8. The lowest BCUT2D eigenvalue weighted by Gasteiger charge is -2.18. The summed E-state index contributed by atoms with van der Waals surface area (Å²) < 4.78 is 16.9. The molecule has 0 saturated carbocycles. The van der Waals surface area contributed by atoms with E-state index in [9.17, 15) is 14.4 Å². The molecule has 0 rings (SSSR count). The van der Waals surface area contributed by atoms with E-state index in [1.807, 2.05) is 0 Å². The minimum absolute atomic E-state index is 0.0638. The Bertz CT molecular complexity index is 1150. The van der Waals surface area contributed by atoms with Crippen molar-refractivity contribution in [2.45, 2.75) is 393 Å². The van der Waals surface area contributed by atoms with Gasteiger partial charge in [0.2, 0.25) is 0 Å². The maximum absolute atomic E-state index is 12.9. The zero-order valence-corrected chi connectivity index (χ0v) is 50.4. The van der Waals surface area contributed by atoms with E-state index in [0.717, 1.165) is 57.8 Å². The molecule has 0 saturated heterocycles. The first-order valence-corrected chi connectivity index (χ1v) is 33.7. The van der Waals surface area contributed by atoms with Gasteiger partial charge in [0.1, 0.15) is 13.2 Å². The van der Waals surface area contributed by atoms with Crippen molar-refractivity contribution in [3.05, 3.63) is 12.2 Å². The van der Waals surface area contributed by atoms with Crippen LogP contribution < -0.4 is 0 Å². The second kappa shape index (κ2) is 63.7. The average Bonchev–Trinajstić information content (AvgIpc) is 3.40. The van der Waals surface area contributed by atoms with Crippen LogP contribution in [0.1, 0.15) is 387 Å². The molecular weight excluding hydrogens is 913 g/mol. The van der Waals surface area contributed by atoms with Gasteiger partial charge in [0, 0.05) is 19.3 Å². The molecular formula is C68H130O6. The van der Waals surface area contributed by atoms with Crippen LogP contribution in [0.15, 0.2) is 12.2 Å². The van der Waals surface area contributed by atoms with Crippen LogP contribution in [-0.4, -0.2) is 37.2 Å². The van der Waals surface area contributed by atoms with Gasteiger partial charge in [0.25, 0.3) is 0 Å². The summed E-state index contributed by atoms with van der Waals surface area (Å²) in [5.74, 6) is -0.837. The normalized spacial score (nSPS) is 12.0. The van der Waals surface area contributed by atoms with Crippen molar-refractivity contribution in [2.24, 2.45) is 0 Å². The molecule has 0 aliphatic carbocycles. The summed E-state index contributed by atoms with van der Waals surface area (Å²) in [5.41, 5.74) is 0. The Morgan fingerprint density at radius 2 is 0.446 bits per heavy atom. The van der Waals surface area contributed by atoms with Crippen LogP contribution in [0, 0.1) is 0 Å². The predicted molar refractivity (Wildman–Crippen MR) is 321 cm³/mol. The molecule has 6 heteroatoms. The van der Waals surface area contributed by atoms with E-state index in [-0.39, 0.29) is 31.1 Å². The highest BCUT2D eigenvalue weighted by molar-refractivity contribution is 5.71. The van der Waals surface area contributed by atoms with Crippen molar-refractivity contribution < 1.29 is 28.6 Å².